The lowest BCUT2D eigenvalue weighted by atomic mass is 9.69. The summed E-state index contributed by atoms with van der Waals surface area (Å²) in [4.78, 5) is 0. The second-order valence-corrected chi connectivity index (χ2v) is 54.9. The summed E-state index contributed by atoms with van der Waals surface area (Å²) in [5, 5.41) is 0. The second-order valence-electron chi connectivity index (χ2n) is 13.5. The quantitative estimate of drug-likeness (QED) is 0.389. The topological polar surface area (TPSA) is 18.5 Å². The van der Waals surface area contributed by atoms with E-state index < -0.39 is 29.4 Å². The lowest BCUT2D eigenvalue weighted by molar-refractivity contribution is 0.00578. The van der Waals surface area contributed by atoms with Gasteiger partial charge in [-0.25, -0.2) is 0 Å². The molecule has 0 amide bonds. The fourth-order valence-corrected chi connectivity index (χ4v) is 105. The van der Waals surface area contributed by atoms with Gasteiger partial charge in [0.2, 0.25) is 0 Å². The molecule has 1 aromatic carbocycles. The molecule has 7 heteroatoms. The van der Waals surface area contributed by atoms with E-state index in [4.69, 9.17) is 9.31 Å². The molecule has 1 unspecified atom stereocenters. The highest BCUT2D eigenvalue weighted by atomic mass is 29.9. The number of hydrogen-bond donors (Lipinski definition) is 0. The summed E-state index contributed by atoms with van der Waals surface area (Å²) in [6, 6.07) is 12.5. The Morgan fingerprint density at radius 3 is 1.40 bits per heavy atom. The Bertz CT molecular complexity index is 678. The fourth-order valence-electron chi connectivity index (χ4n) is 6.75. The summed E-state index contributed by atoms with van der Waals surface area (Å²) in [6.07, 6.45) is 0. The first-order chi connectivity index (χ1) is 13.3. The van der Waals surface area contributed by atoms with Crippen LogP contribution in [0.15, 0.2) is 30.3 Å². The van der Waals surface area contributed by atoms with Crippen molar-refractivity contribution in [3.8, 4) is 0 Å². The normalized spacial score (nSPS) is 21.0. The summed E-state index contributed by atoms with van der Waals surface area (Å²) in [5.41, 5.74) is 0.835. The molecular weight excluding hydrogens is 431 g/mol. The molecule has 1 aliphatic heterocycles. The van der Waals surface area contributed by atoms with E-state index in [1.807, 2.05) is 0 Å². The lowest BCUT2D eigenvalue weighted by Gasteiger charge is -2.59. The Kier molecular flexibility index (Phi) is 7.14. The van der Waals surface area contributed by atoms with Crippen molar-refractivity contribution in [2.45, 2.75) is 110 Å². The minimum atomic E-state index is -1.55. The van der Waals surface area contributed by atoms with Crippen molar-refractivity contribution in [1.29, 1.82) is 0 Å². The average Bonchev–Trinajstić information content (AvgIpc) is 2.72. The zero-order valence-corrected chi connectivity index (χ0v) is 26.1. The summed E-state index contributed by atoms with van der Waals surface area (Å²) >= 11 is 0. The van der Waals surface area contributed by atoms with Gasteiger partial charge in [0.25, 0.3) is 0 Å². The van der Waals surface area contributed by atoms with Crippen molar-refractivity contribution in [1.82, 2.24) is 0 Å². The van der Waals surface area contributed by atoms with Crippen LogP contribution in [0.25, 0.3) is 0 Å². The maximum atomic E-state index is 6.71. The van der Waals surface area contributed by atoms with Crippen molar-refractivity contribution in [3.63, 3.8) is 0 Å². The van der Waals surface area contributed by atoms with Crippen molar-refractivity contribution < 1.29 is 9.31 Å². The highest BCUT2D eigenvalue weighted by Crippen LogP contribution is 2.48. The molecule has 0 aromatic heterocycles. The molecule has 1 aliphatic rings. The molecule has 1 aromatic rings. The molecule has 1 fully saturated rings. The zero-order valence-electron chi connectivity index (χ0n) is 22.1. The molecule has 0 aliphatic carbocycles. The summed E-state index contributed by atoms with van der Waals surface area (Å²) in [6.45, 7) is 31.4. The standard InChI is InChI=1S/C23H47BO2Si4/c1-22(2)23(3,4)26-24(25-22)21(20-17-15-14-16-18-20)19-30(27(5,6)7,28(8,9)10)29(11,12)13/h14-18,21H,19H2,1-13H3. The molecule has 1 heterocycles. The van der Waals surface area contributed by atoms with E-state index in [9.17, 15) is 0 Å². The molecule has 1 saturated heterocycles. The van der Waals surface area contributed by atoms with Gasteiger partial charge in [-0.3, -0.25) is 0 Å². The van der Waals surface area contributed by atoms with Crippen LogP contribution in [-0.2, 0) is 9.31 Å². The predicted octanol–water partition coefficient (Wildman–Crippen LogP) is 7.10. The van der Waals surface area contributed by atoms with Crippen LogP contribution < -0.4 is 0 Å². The van der Waals surface area contributed by atoms with E-state index in [1.54, 1.807) is 0 Å². The zero-order chi connectivity index (χ0) is 23.4. The lowest BCUT2D eigenvalue weighted by Crippen LogP contribution is -2.83. The Hall–Kier alpha value is 0.0725. The highest BCUT2D eigenvalue weighted by molar-refractivity contribution is 7.89. The summed E-state index contributed by atoms with van der Waals surface area (Å²) in [5.74, 6) is 0.323. The van der Waals surface area contributed by atoms with Gasteiger partial charge in [-0.05, 0) is 33.3 Å². The SMILES string of the molecule is CC1(C)OB(C(C[Si]([Si](C)(C)C)([Si](C)(C)C)[Si](C)(C)C)c2ccccc2)OC1(C)C. The van der Waals surface area contributed by atoms with Crippen LogP contribution in [0.4, 0.5) is 0 Å². The molecule has 1 atom stereocenters. The predicted molar refractivity (Wildman–Crippen MR) is 146 cm³/mol. The van der Waals surface area contributed by atoms with Crippen LogP contribution in [0.2, 0.25) is 65.0 Å². The molecule has 0 spiro atoms. The minimum Gasteiger partial charge on any atom is -0.403 e. The smallest absolute Gasteiger partial charge is 0.403 e. The third-order valence-corrected chi connectivity index (χ3v) is 82.3. The number of benzene rings is 1. The second kappa shape index (κ2) is 8.13. The van der Waals surface area contributed by atoms with E-state index in [1.165, 1.54) is 11.6 Å². The molecule has 170 valence electrons. The minimum absolute atomic E-state index is 0.159. The van der Waals surface area contributed by atoms with Crippen molar-refractivity contribution >= 4 is 36.5 Å². The monoisotopic (exact) mass is 478 g/mol. The van der Waals surface area contributed by atoms with Gasteiger partial charge >= 0.3 is 7.12 Å². The fraction of sp³-hybridized carbons (Fsp3) is 0.739. The van der Waals surface area contributed by atoms with Gasteiger partial charge in [-0.1, -0.05) is 95.3 Å². The van der Waals surface area contributed by atoms with Gasteiger partial charge < -0.3 is 9.31 Å². The molecule has 0 radical (unpaired) electrons. The Morgan fingerprint density at radius 2 is 1.07 bits per heavy atom. The van der Waals surface area contributed by atoms with Gasteiger partial charge in [-0.15, -0.1) is 0 Å². The first-order valence-electron chi connectivity index (χ1n) is 11.7. The first kappa shape index (κ1) is 26.3. The average molecular weight is 479 g/mol. The molecule has 0 saturated carbocycles. The third-order valence-electron chi connectivity index (χ3n) is 8.19. The largest absolute Gasteiger partial charge is 0.465 e. The van der Waals surface area contributed by atoms with Gasteiger partial charge in [0.05, 0.1) is 11.2 Å². The van der Waals surface area contributed by atoms with E-state index >= 15 is 0 Å². The van der Waals surface area contributed by atoms with Gasteiger partial charge in [0.1, 0.15) is 0 Å². The molecule has 0 bridgehead atoms. The van der Waals surface area contributed by atoms with E-state index in [2.05, 4.69) is 117 Å². The van der Waals surface area contributed by atoms with Crippen LogP contribution >= 0.6 is 0 Å². The van der Waals surface area contributed by atoms with Gasteiger partial charge in [0.15, 0.2) is 0 Å². The van der Waals surface area contributed by atoms with Crippen LogP contribution in [0.5, 0.6) is 0 Å². The van der Waals surface area contributed by atoms with E-state index in [0.717, 1.165) is 0 Å². The van der Waals surface area contributed by atoms with Crippen LogP contribution in [0.3, 0.4) is 0 Å². The molecular formula is C23H47BO2Si4. The molecule has 30 heavy (non-hydrogen) atoms. The van der Waals surface area contributed by atoms with Crippen LogP contribution in [0, 0.1) is 0 Å². The van der Waals surface area contributed by atoms with Crippen molar-refractivity contribution in [3.05, 3.63) is 35.9 Å². The molecule has 2 rings (SSSR count). The maximum Gasteiger partial charge on any atom is 0.465 e. The number of hydrogen-bond acceptors (Lipinski definition) is 2. The third kappa shape index (κ3) is 4.57. The molecule has 0 N–H and O–H groups in total. The Morgan fingerprint density at radius 1 is 0.700 bits per heavy atom. The Labute approximate surface area is 191 Å². The van der Waals surface area contributed by atoms with Gasteiger partial charge in [-0.2, -0.15) is 0 Å². The Balaban J connectivity index is 2.67. The van der Waals surface area contributed by atoms with Crippen LogP contribution in [0.1, 0.15) is 39.1 Å². The molecule has 2 nitrogen and oxygen atoms in total. The van der Waals surface area contributed by atoms with Crippen LogP contribution in [-0.4, -0.2) is 47.7 Å². The summed E-state index contributed by atoms with van der Waals surface area (Å²) < 4.78 is 13.4. The number of rotatable bonds is 7. The van der Waals surface area contributed by atoms with E-state index in [0.29, 0.717) is 5.82 Å². The first-order valence-corrected chi connectivity index (χ1v) is 27.4. The van der Waals surface area contributed by atoms with Crippen molar-refractivity contribution in [2.75, 3.05) is 0 Å². The highest BCUT2D eigenvalue weighted by Gasteiger charge is 2.64. The maximum absolute atomic E-state index is 6.71. The van der Waals surface area contributed by atoms with Crippen molar-refractivity contribution in [2.24, 2.45) is 0 Å². The van der Waals surface area contributed by atoms with Gasteiger partial charge in [0, 0.05) is 35.2 Å². The summed E-state index contributed by atoms with van der Waals surface area (Å²) in [7, 11) is -4.28. The van der Waals surface area contributed by atoms with E-state index in [-0.39, 0.29) is 18.3 Å².